The Bertz CT molecular complexity index is 370. The minimum absolute atomic E-state index is 0.0165. The molecule has 1 saturated carbocycles. The maximum atomic E-state index is 12.1. The molecular formula is C19H36NO4+. The summed E-state index contributed by atoms with van der Waals surface area (Å²) in [7, 11) is 0. The van der Waals surface area contributed by atoms with Gasteiger partial charge in [-0.15, -0.1) is 0 Å². The van der Waals surface area contributed by atoms with Crippen LogP contribution in [0.25, 0.3) is 0 Å². The van der Waals surface area contributed by atoms with Crippen molar-refractivity contribution in [2.45, 2.75) is 109 Å². The number of hydrogen-bond acceptors (Lipinski definition) is 4. The first-order chi connectivity index (χ1) is 11.6. The van der Waals surface area contributed by atoms with Gasteiger partial charge in [0.1, 0.15) is 12.2 Å². The lowest BCUT2D eigenvalue weighted by Gasteiger charge is -2.32. The maximum absolute atomic E-state index is 12.1. The quantitative estimate of drug-likeness (QED) is 0.570. The van der Waals surface area contributed by atoms with Crippen LogP contribution in [0, 0.1) is 0 Å². The Morgan fingerprint density at radius 2 is 1.88 bits per heavy atom. The number of ether oxygens (including phenoxy) is 3. The second kappa shape index (κ2) is 10.4. The van der Waals surface area contributed by atoms with Crippen molar-refractivity contribution >= 4 is 5.97 Å². The molecule has 1 aliphatic carbocycles. The van der Waals surface area contributed by atoms with Gasteiger partial charge in [-0.2, -0.15) is 0 Å². The lowest BCUT2D eigenvalue weighted by Crippen LogP contribution is -2.65. The topological polar surface area (TPSA) is 72.4 Å². The van der Waals surface area contributed by atoms with Gasteiger partial charge in [0.2, 0.25) is 0 Å². The Labute approximate surface area is 146 Å². The van der Waals surface area contributed by atoms with Crippen molar-refractivity contribution in [2.24, 2.45) is 0 Å². The van der Waals surface area contributed by atoms with E-state index in [0.717, 1.165) is 44.9 Å². The minimum Gasteiger partial charge on any atom is -0.455 e. The summed E-state index contributed by atoms with van der Waals surface area (Å²) in [5.74, 6) is -0.203. The van der Waals surface area contributed by atoms with Gasteiger partial charge in [0.25, 0.3) is 0 Å². The highest BCUT2D eigenvalue weighted by Crippen LogP contribution is 2.28. The SMILES string of the molecule is CCCCCO[C@H]1[C@H](C)OC(=O)[C@@H]([NH3+])CCC[C@@H]1OC1CCCC1. The van der Waals surface area contributed by atoms with E-state index in [1.807, 2.05) is 6.92 Å². The highest BCUT2D eigenvalue weighted by Gasteiger charge is 2.36. The smallest absolute Gasteiger partial charge is 0.365 e. The van der Waals surface area contributed by atoms with Gasteiger partial charge < -0.3 is 19.9 Å². The number of unbranched alkanes of at least 4 members (excludes halogenated alkanes) is 2. The first-order valence-electron chi connectivity index (χ1n) is 9.92. The molecule has 2 rings (SSSR count). The largest absolute Gasteiger partial charge is 0.455 e. The second-order valence-electron chi connectivity index (χ2n) is 7.39. The molecule has 0 aromatic heterocycles. The third kappa shape index (κ3) is 6.01. The van der Waals surface area contributed by atoms with E-state index >= 15 is 0 Å². The van der Waals surface area contributed by atoms with Crippen molar-refractivity contribution in [1.82, 2.24) is 0 Å². The molecule has 1 saturated heterocycles. The number of cyclic esters (lactones) is 1. The lowest BCUT2D eigenvalue weighted by atomic mass is 10.0. The van der Waals surface area contributed by atoms with Crippen LogP contribution in [0.3, 0.4) is 0 Å². The van der Waals surface area contributed by atoms with Crippen molar-refractivity contribution in [3.8, 4) is 0 Å². The number of esters is 1. The van der Waals surface area contributed by atoms with Crippen LogP contribution < -0.4 is 5.73 Å². The number of hydrogen-bond donors (Lipinski definition) is 1. The summed E-state index contributed by atoms with van der Waals surface area (Å²) in [6, 6.07) is -0.279. The molecule has 0 spiro atoms. The summed E-state index contributed by atoms with van der Waals surface area (Å²) in [4.78, 5) is 12.1. The van der Waals surface area contributed by atoms with E-state index < -0.39 is 0 Å². The molecule has 1 heterocycles. The van der Waals surface area contributed by atoms with Gasteiger partial charge >= 0.3 is 5.97 Å². The molecule has 3 N–H and O–H groups in total. The predicted molar refractivity (Wildman–Crippen MR) is 92.5 cm³/mol. The van der Waals surface area contributed by atoms with Gasteiger partial charge in [0, 0.05) is 13.0 Å². The van der Waals surface area contributed by atoms with Gasteiger partial charge in [-0.1, -0.05) is 32.6 Å². The molecule has 2 fully saturated rings. The standard InChI is InChI=1S/C19H35NO4/c1-3-4-7-13-22-18-14(2)23-19(21)16(20)11-8-12-17(18)24-15-9-5-6-10-15/h14-18H,3-13,20H2,1-2H3/p+1/t14-,16-,17-,18-/m0/s1. The molecule has 140 valence electrons. The molecule has 0 unspecified atom stereocenters. The van der Waals surface area contributed by atoms with Crippen LogP contribution in [0.5, 0.6) is 0 Å². The van der Waals surface area contributed by atoms with Crippen LogP contribution >= 0.6 is 0 Å². The fourth-order valence-electron chi connectivity index (χ4n) is 3.73. The van der Waals surface area contributed by atoms with Crippen LogP contribution in [-0.2, 0) is 19.0 Å². The van der Waals surface area contributed by atoms with Crippen molar-refractivity contribution in [3.05, 3.63) is 0 Å². The molecule has 2 aliphatic rings. The molecule has 4 atom stereocenters. The van der Waals surface area contributed by atoms with E-state index in [9.17, 15) is 4.79 Å². The molecule has 1 aliphatic heterocycles. The first kappa shape index (κ1) is 19.7. The van der Waals surface area contributed by atoms with Gasteiger partial charge in [-0.25, -0.2) is 4.79 Å². The summed E-state index contributed by atoms with van der Waals surface area (Å²) in [6.07, 6.45) is 10.7. The van der Waals surface area contributed by atoms with Crippen LogP contribution in [0.15, 0.2) is 0 Å². The van der Waals surface area contributed by atoms with E-state index in [2.05, 4.69) is 12.7 Å². The molecule has 0 bridgehead atoms. The fourth-order valence-corrected chi connectivity index (χ4v) is 3.73. The third-order valence-electron chi connectivity index (χ3n) is 5.23. The van der Waals surface area contributed by atoms with E-state index in [0.29, 0.717) is 12.7 Å². The van der Waals surface area contributed by atoms with Crippen molar-refractivity contribution in [3.63, 3.8) is 0 Å². The van der Waals surface area contributed by atoms with Gasteiger partial charge in [0.15, 0.2) is 6.04 Å². The monoisotopic (exact) mass is 342 g/mol. The number of carbonyl (C=O) groups is 1. The number of carbonyl (C=O) groups excluding carboxylic acids is 1. The van der Waals surface area contributed by atoms with Crippen molar-refractivity contribution in [1.29, 1.82) is 0 Å². The zero-order chi connectivity index (χ0) is 17.4. The normalized spacial score (nSPS) is 32.9. The summed E-state index contributed by atoms with van der Waals surface area (Å²) < 4.78 is 18.2. The molecule has 0 aromatic carbocycles. The van der Waals surface area contributed by atoms with E-state index in [1.54, 1.807) is 0 Å². The average molecular weight is 343 g/mol. The second-order valence-corrected chi connectivity index (χ2v) is 7.39. The Balaban J connectivity index is 2.02. The van der Waals surface area contributed by atoms with E-state index in [-0.39, 0.29) is 30.3 Å². The summed E-state index contributed by atoms with van der Waals surface area (Å²) >= 11 is 0. The van der Waals surface area contributed by atoms with E-state index in [4.69, 9.17) is 14.2 Å². The highest BCUT2D eigenvalue weighted by atomic mass is 16.6. The van der Waals surface area contributed by atoms with Gasteiger partial charge in [-0.05, 0) is 39.0 Å². The molecular weight excluding hydrogens is 306 g/mol. The number of rotatable bonds is 7. The highest BCUT2D eigenvalue weighted by molar-refractivity contribution is 5.74. The molecule has 24 heavy (non-hydrogen) atoms. The van der Waals surface area contributed by atoms with Crippen LogP contribution in [0.1, 0.15) is 78.1 Å². The Morgan fingerprint density at radius 1 is 1.12 bits per heavy atom. The number of quaternary nitrogens is 1. The maximum Gasteiger partial charge on any atom is 0.365 e. The molecule has 0 aromatic rings. The Morgan fingerprint density at radius 3 is 2.58 bits per heavy atom. The van der Waals surface area contributed by atoms with Crippen LogP contribution in [0.2, 0.25) is 0 Å². The van der Waals surface area contributed by atoms with Gasteiger partial charge in [0.05, 0.1) is 12.2 Å². The average Bonchev–Trinajstić information content (AvgIpc) is 3.07. The molecule has 5 heteroatoms. The van der Waals surface area contributed by atoms with E-state index in [1.165, 1.54) is 19.3 Å². The Kier molecular flexibility index (Phi) is 8.50. The first-order valence-corrected chi connectivity index (χ1v) is 9.92. The summed E-state index contributed by atoms with van der Waals surface area (Å²) in [5.41, 5.74) is 3.94. The summed E-state index contributed by atoms with van der Waals surface area (Å²) in [6.45, 7) is 4.83. The van der Waals surface area contributed by atoms with Crippen molar-refractivity contribution < 1.29 is 24.7 Å². The fraction of sp³-hybridized carbons (Fsp3) is 0.947. The lowest BCUT2D eigenvalue weighted by molar-refractivity contribution is -0.410. The zero-order valence-corrected chi connectivity index (χ0v) is 15.5. The Hall–Kier alpha value is -0.650. The molecule has 0 amide bonds. The minimum atomic E-state index is -0.284. The van der Waals surface area contributed by atoms with Crippen LogP contribution in [-0.4, -0.2) is 43.0 Å². The van der Waals surface area contributed by atoms with Gasteiger partial charge in [-0.3, -0.25) is 0 Å². The summed E-state index contributed by atoms with van der Waals surface area (Å²) in [5, 5.41) is 0. The van der Waals surface area contributed by atoms with Crippen LogP contribution in [0.4, 0.5) is 0 Å². The molecule has 5 nitrogen and oxygen atoms in total. The molecule has 0 radical (unpaired) electrons. The third-order valence-corrected chi connectivity index (χ3v) is 5.23. The predicted octanol–water partition coefficient (Wildman–Crippen LogP) is 2.62. The zero-order valence-electron chi connectivity index (χ0n) is 15.5. The van der Waals surface area contributed by atoms with Crippen molar-refractivity contribution in [2.75, 3.05) is 6.61 Å².